The quantitative estimate of drug-likeness (QED) is 0.693. The van der Waals surface area contributed by atoms with Gasteiger partial charge < -0.3 is 5.32 Å². The SMILES string of the molecule is Cl.c1ccc2c(c1)C[C@H]1C[C@@H]2CCN1. The fourth-order valence-electron chi connectivity index (χ4n) is 2.83. The van der Waals surface area contributed by atoms with E-state index in [0.29, 0.717) is 0 Å². The number of benzene rings is 1. The Morgan fingerprint density at radius 2 is 2.07 bits per heavy atom. The third kappa shape index (κ3) is 1.55. The van der Waals surface area contributed by atoms with Gasteiger partial charge in [0.1, 0.15) is 0 Å². The molecule has 1 aliphatic heterocycles. The third-order valence-electron chi connectivity index (χ3n) is 3.46. The van der Waals surface area contributed by atoms with Crippen LogP contribution >= 0.6 is 12.4 Å². The Kier molecular flexibility index (Phi) is 2.80. The Morgan fingerprint density at radius 3 is 3.00 bits per heavy atom. The van der Waals surface area contributed by atoms with Crippen LogP contribution in [-0.2, 0) is 6.42 Å². The molecule has 1 aliphatic carbocycles. The molecule has 1 fully saturated rings. The highest BCUT2D eigenvalue weighted by Crippen LogP contribution is 2.35. The maximum absolute atomic E-state index is 3.59. The van der Waals surface area contributed by atoms with E-state index in [1.165, 1.54) is 25.8 Å². The minimum Gasteiger partial charge on any atom is -0.314 e. The van der Waals surface area contributed by atoms with Crippen LogP contribution in [0.4, 0.5) is 0 Å². The summed E-state index contributed by atoms with van der Waals surface area (Å²) in [6.07, 6.45) is 3.93. The highest BCUT2D eigenvalue weighted by atomic mass is 35.5. The molecule has 0 aromatic heterocycles. The fourth-order valence-corrected chi connectivity index (χ4v) is 2.83. The van der Waals surface area contributed by atoms with E-state index < -0.39 is 0 Å². The van der Waals surface area contributed by atoms with Crippen molar-refractivity contribution in [2.45, 2.75) is 31.2 Å². The molecule has 76 valence electrons. The summed E-state index contributed by atoms with van der Waals surface area (Å²) < 4.78 is 0. The molecule has 2 bridgehead atoms. The van der Waals surface area contributed by atoms with Crippen molar-refractivity contribution in [2.24, 2.45) is 0 Å². The summed E-state index contributed by atoms with van der Waals surface area (Å²) in [6.45, 7) is 1.21. The van der Waals surface area contributed by atoms with Crippen LogP contribution in [0.1, 0.15) is 29.9 Å². The van der Waals surface area contributed by atoms with E-state index in [0.717, 1.165) is 12.0 Å². The molecule has 1 aromatic rings. The first-order valence-electron chi connectivity index (χ1n) is 5.24. The van der Waals surface area contributed by atoms with Gasteiger partial charge in [-0.15, -0.1) is 12.4 Å². The lowest BCUT2D eigenvalue weighted by Crippen LogP contribution is -2.41. The minimum absolute atomic E-state index is 0. The molecule has 2 aliphatic rings. The average Bonchev–Trinajstić information content (AvgIpc) is 2.18. The van der Waals surface area contributed by atoms with Crippen LogP contribution in [0.5, 0.6) is 0 Å². The van der Waals surface area contributed by atoms with E-state index in [4.69, 9.17) is 0 Å². The van der Waals surface area contributed by atoms with E-state index in [1.807, 2.05) is 0 Å². The second kappa shape index (κ2) is 3.92. The molecule has 1 saturated heterocycles. The van der Waals surface area contributed by atoms with Gasteiger partial charge in [-0.25, -0.2) is 0 Å². The number of piperidine rings is 1. The van der Waals surface area contributed by atoms with E-state index in [-0.39, 0.29) is 12.4 Å². The topological polar surface area (TPSA) is 12.0 Å². The molecule has 1 aromatic carbocycles. The zero-order valence-corrected chi connectivity index (χ0v) is 9.02. The standard InChI is InChI=1S/C12H15N.ClH/c1-2-4-12-9(3-1)7-11-8-10(12)5-6-13-11;/h1-4,10-11,13H,5-8H2;1H/t10-,11-;/m0./s1. The first kappa shape index (κ1) is 10.0. The second-order valence-corrected chi connectivity index (χ2v) is 4.28. The Hall–Kier alpha value is -0.530. The summed E-state index contributed by atoms with van der Waals surface area (Å²) in [5.74, 6) is 0.844. The predicted octanol–water partition coefficient (Wildman–Crippen LogP) is 2.50. The summed E-state index contributed by atoms with van der Waals surface area (Å²) in [7, 11) is 0. The predicted molar refractivity (Wildman–Crippen MR) is 61.2 cm³/mol. The molecule has 3 rings (SSSR count). The summed E-state index contributed by atoms with van der Waals surface area (Å²) in [4.78, 5) is 0. The third-order valence-corrected chi connectivity index (χ3v) is 3.46. The molecule has 1 nitrogen and oxygen atoms in total. The lowest BCUT2D eigenvalue weighted by atomic mass is 9.76. The van der Waals surface area contributed by atoms with Gasteiger partial charge in [0.25, 0.3) is 0 Å². The van der Waals surface area contributed by atoms with Crippen molar-refractivity contribution < 1.29 is 0 Å². The summed E-state index contributed by atoms with van der Waals surface area (Å²) in [5.41, 5.74) is 3.20. The summed E-state index contributed by atoms with van der Waals surface area (Å²) in [6, 6.07) is 9.72. The molecule has 1 N–H and O–H groups in total. The van der Waals surface area contributed by atoms with Gasteiger partial charge >= 0.3 is 0 Å². The first-order valence-corrected chi connectivity index (χ1v) is 5.24. The zero-order valence-electron chi connectivity index (χ0n) is 8.20. The van der Waals surface area contributed by atoms with Crippen LogP contribution in [-0.4, -0.2) is 12.6 Å². The fraction of sp³-hybridized carbons (Fsp3) is 0.500. The monoisotopic (exact) mass is 209 g/mol. The van der Waals surface area contributed by atoms with E-state index in [1.54, 1.807) is 11.1 Å². The number of hydrogen-bond acceptors (Lipinski definition) is 1. The first-order chi connectivity index (χ1) is 6.43. The van der Waals surface area contributed by atoms with Gasteiger partial charge in [-0.05, 0) is 42.9 Å². The number of fused-ring (bicyclic) bond motifs is 4. The number of rotatable bonds is 0. The molecule has 0 unspecified atom stereocenters. The number of hydrogen-bond donors (Lipinski definition) is 1. The van der Waals surface area contributed by atoms with Crippen molar-refractivity contribution in [3.8, 4) is 0 Å². The molecule has 0 amide bonds. The van der Waals surface area contributed by atoms with E-state index >= 15 is 0 Å². The Balaban J connectivity index is 0.000000750. The Morgan fingerprint density at radius 1 is 1.21 bits per heavy atom. The van der Waals surface area contributed by atoms with Gasteiger partial charge in [0.15, 0.2) is 0 Å². The van der Waals surface area contributed by atoms with Gasteiger partial charge in [-0.1, -0.05) is 24.3 Å². The molecule has 0 saturated carbocycles. The normalized spacial score (nSPS) is 28.9. The highest BCUT2D eigenvalue weighted by molar-refractivity contribution is 5.85. The van der Waals surface area contributed by atoms with Gasteiger partial charge in [-0.3, -0.25) is 0 Å². The smallest absolute Gasteiger partial charge is 0.0113 e. The van der Waals surface area contributed by atoms with Crippen LogP contribution in [0.25, 0.3) is 0 Å². The van der Waals surface area contributed by atoms with Gasteiger partial charge in [0, 0.05) is 6.04 Å². The molecule has 0 radical (unpaired) electrons. The lowest BCUT2D eigenvalue weighted by Gasteiger charge is -2.36. The summed E-state index contributed by atoms with van der Waals surface area (Å²) in [5, 5.41) is 3.59. The lowest BCUT2D eigenvalue weighted by molar-refractivity contribution is 0.339. The van der Waals surface area contributed by atoms with Crippen LogP contribution in [0, 0.1) is 0 Å². The highest BCUT2D eigenvalue weighted by Gasteiger charge is 2.29. The maximum Gasteiger partial charge on any atom is 0.0113 e. The average molecular weight is 210 g/mol. The second-order valence-electron chi connectivity index (χ2n) is 4.28. The molecular formula is C12H16ClN. The van der Waals surface area contributed by atoms with Crippen LogP contribution in [0.3, 0.4) is 0 Å². The molecule has 2 atom stereocenters. The molecule has 1 heterocycles. The molecular weight excluding hydrogens is 194 g/mol. The minimum atomic E-state index is 0. The zero-order chi connectivity index (χ0) is 8.67. The van der Waals surface area contributed by atoms with E-state index in [2.05, 4.69) is 29.6 Å². The van der Waals surface area contributed by atoms with Crippen molar-refractivity contribution in [3.63, 3.8) is 0 Å². The maximum atomic E-state index is 3.59. The molecule has 2 heteroatoms. The molecule has 0 spiro atoms. The Labute approximate surface area is 91.3 Å². The van der Waals surface area contributed by atoms with Crippen molar-refractivity contribution in [2.75, 3.05) is 6.54 Å². The number of halogens is 1. The van der Waals surface area contributed by atoms with Crippen molar-refractivity contribution in [3.05, 3.63) is 35.4 Å². The Bertz CT molecular complexity index is 324. The van der Waals surface area contributed by atoms with Gasteiger partial charge in [-0.2, -0.15) is 0 Å². The van der Waals surface area contributed by atoms with Crippen molar-refractivity contribution >= 4 is 12.4 Å². The van der Waals surface area contributed by atoms with Crippen molar-refractivity contribution in [1.82, 2.24) is 5.32 Å². The van der Waals surface area contributed by atoms with Crippen molar-refractivity contribution in [1.29, 1.82) is 0 Å². The largest absolute Gasteiger partial charge is 0.314 e. The van der Waals surface area contributed by atoms with Crippen LogP contribution < -0.4 is 5.32 Å². The molecule has 14 heavy (non-hydrogen) atoms. The van der Waals surface area contributed by atoms with Crippen LogP contribution in [0.15, 0.2) is 24.3 Å². The van der Waals surface area contributed by atoms with E-state index in [9.17, 15) is 0 Å². The van der Waals surface area contributed by atoms with Gasteiger partial charge in [0.2, 0.25) is 0 Å². The summed E-state index contributed by atoms with van der Waals surface area (Å²) >= 11 is 0. The van der Waals surface area contributed by atoms with Crippen LogP contribution in [0.2, 0.25) is 0 Å². The van der Waals surface area contributed by atoms with Gasteiger partial charge in [0.05, 0.1) is 0 Å². The number of nitrogens with one attached hydrogen (secondary N) is 1.